The van der Waals surface area contributed by atoms with Crippen molar-refractivity contribution in [1.29, 1.82) is 0 Å². The third-order valence-electron chi connectivity index (χ3n) is 3.77. The van der Waals surface area contributed by atoms with Crippen LogP contribution in [0.2, 0.25) is 0 Å². The first-order chi connectivity index (χ1) is 12.6. The lowest BCUT2D eigenvalue weighted by Gasteiger charge is -2.10. The zero-order valence-corrected chi connectivity index (χ0v) is 15.3. The number of hydrogen-bond donors (Lipinski definition) is 2. The van der Waals surface area contributed by atoms with Crippen molar-refractivity contribution in [3.05, 3.63) is 70.2 Å². The van der Waals surface area contributed by atoms with Gasteiger partial charge in [0.25, 0.3) is 11.8 Å². The van der Waals surface area contributed by atoms with E-state index >= 15 is 0 Å². The number of amides is 2. The fourth-order valence-corrected chi connectivity index (χ4v) is 2.97. The van der Waals surface area contributed by atoms with E-state index in [1.165, 1.54) is 11.3 Å². The molecule has 0 aliphatic carbocycles. The van der Waals surface area contributed by atoms with Gasteiger partial charge in [-0.15, -0.1) is 10.2 Å². The Kier molecular flexibility index (Phi) is 5.38. The molecule has 0 aliphatic rings. The first kappa shape index (κ1) is 17.8. The maximum atomic E-state index is 12.4. The number of hydrogen-bond acceptors (Lipinski definition) is 5. The fraction of sp³-hybridized carbons (Fsp3) is 0.158. The van der Waals surface area contributed by atoms with E-state index in [0.717, 1.165) is 17.0 Å². The molecule has 6 nitrogen and oxygen atoms in total. The van der Waals surface area contributed by atoms with Crippen LogP contribution >= 0.6 is 11.3 Å². The van der Waals surface area contributed by atoms with Gasteiger partial charge in [0.05, 0.1) is 0 Å². The van der Waals surface area contributed by atoms with Crippen LogP contribution in [0.25, 0.3) is 0 Å². The minimum Gasteiger partial charge on any atom is -0.322 e. The van der Waals surface area contributed by atoms with Crippen LogP contribution in [-0.2, 0) is 6.42 Å². The number of carbonyl (C=O) groups is 2. The van der Waals surface area contributed by atoms with Crippen molar-refractivity contribution in [3.8, 4) is 0 Å². The molecule has 7 heteroatoms. The van der Waals surface area contributed by atoms with E-state index in [1.54, 1.807) is 42.5 Å². The van der Waals surface area contributed by atoms with E-state index in [1.807, 2.05) is 19.9 Å². The maximum absolute atomic E-state index is 12.4. The summed E-state index contributed by atoms with van der Waals surface area (Å²) in [6, 6.07) is 14.1. The van der Waals surface area contributed by atoms with Crippen LogP contribution in [-0.4, -0.2) is 22.0 Å². The van der Waals surface area contributed by atoms with Crippen molar-refractivity contribution < 1.29 is 9.59 Å². The van der Waals surface area contributed by atoms with Gasteiger partial charge >= 0.3 is 0 Å². The van der Waals surface area contributed by atoms with Gasteiger partial charge in [0.15, 0.2) is 0 Å². The lowest BCUT2D eigenvalue weighted by Crippen LogP contribution is -2.15. The Balaban J connectivity index is 1.76. The van der Waals surface area contributed by atoms with E-state index < -0.39 is 0 Å². The van der Waals surface area contributed by atoms with Gasteiger partial charge in [0.1, 0.15) is 5.01 Å². The van der Waals surface area contributed by atoms with E-state index in [2.05, 4.69) is 20.8 Å². The van der Waals surface area contributed by atoms with Gasteiger partial charge in [-0.3, -0.25) is 14.9 Å². The van der Waals surface area contributed by atoms with Crippen molar-refractivity contribution in [2.24, 2.45) is 0 Å². The molecule has 0 unspecified atom stereocenters. The lowest BCUT2D eigenvalue weighted by atomic mass is 10.1. The van der Waals surface area contributed by atoms with Gasteiger partial charge in [-0.1, -0.05) is 42.5 Å². The number of carbonyl (C=O) groups excluding carboxylic acids is 2. The van der Waals surface area contributed by atoms with Crippen molar-refractivity contribution >= 4 is 34.0 Å². The van der Waals surface area contributed by atoms with Gasteiger partial charge < -0.3 is 5.32 Å². The lowest BCUT2D eigenvalue weighted by molar-refractivity contribution is 0.101. The molecule has 1 heterocycles. The van der Waals surface area contributed by atoms with Crippen molar-refractivity contribution in [2.45, 2.75) is 20.3 Å². The largest absolute Gasteiger partial charge is 0.322 e. The first-order valence-electron chi connectivity index (χ1n) is 8.17. The van der Waals surface area contributed by atoms with Crippen molar-refractivity contribution in [3.63, 3.8) is 0 Å². The topological polar surface area (TPSA) is 84.0 Å². The van der Waals surface area contributed by atoms with Crippen LogP contribution in [0, 0.1) is 6.92 Å². The molecule has 2 amide bonds. The molecule has 2 aromatic carbocycles. The number of rotatable bonds is 5. The second kappa shape index (κ2) is 7.88. The molecular formula is C19H18N4O2S. The molecule has 0 saturated carbocycles. The Labute approximate surface area is 155 Å². The quantitative estimate of drug-likeness (QED) is 0.717. The summed E-state index contributed by atoms with van der Waals surface area (Å²) in [4.78, 5) is 24.8. The summed E-state index contributed by atoms with van der Waals surface area (Å²) in [5.41, 5.74) is 2.46. The molecule has 0 fully saturated rings. The van der Waals surface area contributed by atoms with E-state index in [-0.39, 0.29) is 11.8 Å². The Morgan fingerprint density at radius 2 is 1.69 bits per heavy atom. The second-order valence-corrected chi connectivity index (χ2v) is 6.72. The minimum atomic E-state index is -0.293. The standard InChI is InChI=1S/C19H18N4O2S/c1-3-16-22-23-19(26-16)21-18(25)14-10-9-12(2)15(11-14)20-17(24)13-7-5-4-6-8-13/h4-11H,3H2,1-2H3,(H,20,24)(H,21,23,25). The highest BCUT2D eigenvalue weighted by Crippen LogP contribution is 2.20. The zero-order chi connectivity index (χ0) is 18.5. The Morgan fingerprint density at radius 3 is 2.38 bits per heavy atom. The van der Waals surface area contributed by atoms with Crippen LogP contribution in [0.15, 0.2) is 48.5 Å². The average Bonchev–Trinajstić information content (AvgIpc) is 3.11. The molecule has 26 heavy (non-hydrogen) atoms. The van der Waals surface area contributed by atoms with Crippen LogP contribution in [0.5, 0.6) is 0 Å². The maximum Gasteiger partial charge on any atom is 0.257 e. The molecule has 0 spiro atoms. The Hall–Kier alpha value is -3.06. The van der Waals surface area contributed by atoms with Crippen molar-refractivity contribution in [2.75, 3.05) is 10.6 Å². The fourth-order valence-electron chi connectivity index (χ4n) is 2.30. The molecule has 0 aliphatic heterocycles. The average molecular weight is 366 g/mol. The SMILES string of the molecule is CCc1nnc(NC(=O)c2ccc(C)c(NC(=O)c3ccccc3)c2)s1. The zero-order valence-electron chi connectivity index (χ0n) is 14.4. The Bertz CT molecular complexity index is 938. The monoisotopic (exact) mass is 366 g/mol. The normalized spacial score (nSPS) is 10.4. The minimum absolute atomic E-state index is 0.219. The summed E-state index contributed by atoms with van der Waals surface area (Å²) < 4.78 is 0. The number of anilines is 2. The van der Waals surface area contributed by atoms with Gasteiger partial charge in [0.2, 0.25) is 5.13 Å². The van der Waals surface area contributed by atoms with Gasteiger partial charge in [-0.2, -0.15) is 0 Å². The van der Waals surface area contributed by atoms with E-state index in [9.17, 15) is 9.59 Å². The molecule has 1 aromatic heterocycles. The summed E-state index contributed by atoms with van der Waals surface area (Å²) in [7, 11) is 0. The number of benzene rings is 2. The van der Waals surface area contributed by atoms with Crippen LogP contribution in [0.3, 0.4) is 0 Å². The summed E-state index contributed by atoms with van der Waals surface area (Å²) in [5, 5.41) is 14.8. The number of nitrogens with one attached hydrogen (secondary N) is 2. The first-order valence-corrected chi connectivity index (χ1v) is 8.99. The Morgan fingerprint density at radius 1 is 0.962 bits per heavy atom. The number of nitrogens with zero attached hydrogens (tertiary/aromatic N) is 2. The van der Waals surface area contributed by atoms with Gasteiger partial charge in [-0.05, 0) is 43.2 Å². The molecule has 2 N–H and O–H groups in total. The highest BCUT2D eigenvalue weighted by atomic mass is 32.1. The summed E-state index contributed by atoms with van der Waals surface area (Å²) in [6.07, 6.45) is 0.772. The van der Waals surface area contributed by atoms with E-state index in [4.69, 9.17) is 0 Å². The van der Waals surface area contributed by atoms with Crippen molar-refractivity contribution in [1.82, 2.24) is 10.2 Å². The molecule has 132 valence electrons. The van der Waals surface area contributed by atoms with E-state index in [0.29, 0.717) is 21.9 Å². The van der Waals surface area contributed by atoms with Crippen LogP contribution in [0.4, 0.5) is 10.8 Å². The summed E-state index contributed by atoms with van der Waals surface area (Å²) >= 11 is 1.35. The smallest absolute Gasteiger partial charge is 0.257 e. The molecule has 0 radical (unpaired) electrons. The highest BCUT2D eigenvalue weighted by Gasteiger charge is 2.13. The van der Waals surface area contributed by atoms with Crippen LogP contribution in [0.1, 0.15) is 38.2 Å². The highest BCUT2D eigenvalue weighted by molar-refractivity contribution is 7.15. The predicted molar refractivity (Wildman–Crippen MR) is 103 cm³/mol. The predicted octanol–water partition coefficient (Wildman–Crippen LogP) is 3.91. The number of aryl methyl sites for hydroxylation is 2. The van der Waals surface area contributed by atoms with Crippen LogP contribution < -0.4 is 10.6 Å². The molecule has 0 saturated heterocycles. The third-order valence-corrected chi connectivity index (χ3v) is 4.76. The molecular weight excluding hydrogens is 348 g/mol. The van der Waals surface area contributed by atoms with Gasteiger partial charge in [0, 0.05) is 16.8 Å². The summed E-state index contributed by atoms with van der Waals surface area (Å²) in [5.74, 6) is -0.512. The second-order valence-electron chi connectivity index (χ2n) is 5.66. The van der Waals surface area contributed by atoms with Gasteiger partial charge in [-0.25, -0.2) is 0 Å². The third kappa shape index (κ3) is 4.12. The molecule has 3 aromatic rings. The molecule has 0 atom stereocenters. The number of aromatic nitrogens is 2. The summed E-state index contributed by atoms with van der Waals surface area (Å²) in [6.45, 7) is 3.86. The molecule has 0 bridgehead atoms. The molecule has 3 rings (SSSR count).